The van der Waals surface area contributed by atoms with E-state index >= 15 is 0 Å². The molecule has 17 heavy (non-hydrogen) atoms. The molecule has 0 saturated heterocycles. The molecule has 2 aromatic rings. The second kappa shape index (κ2) is 4.87. The molecule has 0 saturated carbocycles. The molecule has 3 heteroatoms. The van der Waals surface area contributed by atoms with Gasteiger partial charge in [0, 0.05) is 24.0 Å². The van der Waals surface area contributed by atoms with E-state index in [1.54, 1.807) is 20.4 Å². The van der Waals surface area contributed by atoms with Crippen LogP contribution in [0.4, 0.5) is 0 Å². The van der Waals surface area contributed by atoms with Crippen LogP contribution >= 0.6 is 0 Å². The fourth-order valence-corrected chi connectivity index (χ4v) is 1.80. The van der Waals surface area contributed by atoms with Crippen LogP contribution in [0, 0.1) is 6.92 Å². The van der Waals surface area contributed by atoms with Crippen molar-refractivity contribution >= 4 is 0 Å². The van der Waals surface area contributed by atoms with Crippen molar-refractivity contribution in [2.45, 2.75) is 6.92 Å². The van der Waals surface area contributed by atoms with Gasteiger partial charge in [-0.1, -0.05) is 0 Å². The summed E-state index contributed by atoms with van der Waals surface area (Å²) in [6.07, 6.45) is 3.63. The van der Waals surface area contributed by atoms with Gasteiger partial charge in [0.15, 0.2) is 0 Å². The first-order valence-electron chi connectivity index (χ1n) is 5.39. The predicted molar refractivity (Wildman–Crippen MR) is 67.5 cm³/mol. The van der Waals surface area contributed by atoms with E-state index in [1.165, 1.54) is 0 Å². The normalized spacial score (nSPS) is 10.1. The minimum absolute atomic E-state index is 0.789. The molecule has 0 radical (unpaired) electrons. The number of benzene rings is 1. The number of aromatic nitrogens is 1. The van der Waals surface area contributed by atoms with Crippen LogP contribution in [-0.2, 0) is 0 Å². The first kappa shape index (κ1) is 11.5. The van der Waals surface area contributed by atoms with Gasteiger partial charge in [-0.05, 0) is 36.2 Å². The van der Waals surface area contributed by atoms with Gasteiger partial charge in [0.2, 0.25) is 0 Å². The second-order valence-corrected chi connectivity index (χ2v) is 3.76. The minimum atomic E-state index is 0.789. The third-order valence-electron chi connectivity index (χ3n) is 2.72. The number of aryl methyl sites for hydroxylation is 1. The van der Waals surface area contributed by atoms with Gasteiger partial charge in [-0.2, -0.15) is 0 Å². The fraction of sp³-hybridized carbons (Fsp3) is 0.214. The Balaban J connectivity index is 2.56. The van der Waals surface area contributed by atoms with Gasteiger partial charge in [0.1, 0.15) is 11.5 Å². The molecule has 1 heterocycles. The third-order valence-corrected chi connectivity index (χ3v) is 2.72. The van der Waals surface area contributed by atoms with E-state index in [0.717, 1.165) is 28.2 Å². The molecule has 0 aliphatic heterocycles. The fourth-order valence-electron chi connectivity index (χ4n) is 1.80. The highest BCUT2D eigenvalue weighted by Crippen LogP contribution is 2.34. The van der Waals surface area contributed by atoms with E-state index in [4.69, 9.17) is 9.47 Å². The molecule has 3 nitrogen and oxygen atoms in total. The molecule has 1 aromatic heterocycles. The maximum atomic E-state index is 5.40. The van der Waals surface area contributed by atoms with Crippen LogP contribution in [0.15, 0.2) is 36.7 Å². The lowest BCUT2D eigenvalue weighted by atomic mass is 10.0. The molecule has 0 bridgehead atoms. The summed E-state index contributed by atoms with van der Waals surface area (Å²) < 4.78 is 10.6. The predicted octanol–water partition coefficient (Wildman–Crippen LogP) is 3.07. The van der Waals surface area contributed by atoms with Crippen LogP contribution in [0.2, 0.25) is 0 Å². The quantitative estimate of drug-likeness (QED) is 0.810. The summed E-state index contributed by atoms with van der Waals surface area (Å²) in [6, 6.07) is 7.80. The van der Waals surface area contributed by atoms with E-state index in [0.29, 0.717) is 0 Å². The van der Waals surface area contributed by atoms with Crippen LogP contribution < -0.4 is 9.47 Å². The van der Waals surface area contributed by atoms with Crippen LogP contribution in [0.5, 0.6) is 11.5 Å². The Kier molecular flexibility index (Phi) is 3.28. The van der Waals surface area contributed by atoms with Crippen molar-refractivity contribution in [2.24, 2.45) is 0 Å². The van der Waals surface area contributed by atoms with Gasteiger partial charge in [-0.25, -0.2) is 0 Å². The molecule has 0 spiro atoms. The summed E-state index contributed by atoms with van der Waals surface area (Å²) >= 11 is 0. The Morgan fingerprint density at radius 3 is 2.47 bits per heavy atom. The number of nitrogens with zero attached hydrogens (tertiary/aromatic N) is 1. The first-order valence-corrected chi connectivity index (χ1v) is 5.39. The number of rotatable bonds is 3. The largest absolute Gasteiger partial charge is 0.497 e. The lowest BCUT2D eigenvalue weighted by molar-refractivity contribution is 0.395. The van der Waals surface area contributed by atoms with Crippen molar-refractivity contribution in [1.29, 1.82) is 0 Å². The highest BCUT2D eigenvalue weighted by molar-refractivity contribution is 5.73. The molecular formula is C14H15NO2. The van der Waals surface area contributed by atoms with E-state index in [-0.39, 0.29) is 0 Å². The molecular weight excluding hydrogens is 214 g/mol. The zero-order chi connectivity index (χ0) is 12.3. The topological polar surface area (TPSA) is 31.4 Å². The summed E-state index contributed by atoms with van der Waals surface area (Å²) in [4.78, 5) is 4.09. The Morgan fingerprint density at radius 1 is 1.00 bits per heavy atom. The Bertz CT molecular complexity index is 523. The van der Waals surface area contributed by atoms with Crippen LogP contribution in [0.1, 0.15) is 5.56 Å². The van der Waals surface area contributed by atoms with Crippen molar-refractivity contribution in [3.05, 3.63) is 42.2 Å². The summed E-state index contributed by atoms with van der Waals surface area (Å²) in [7, 11) is 3.31. The Labute approximate surface area is 101 Å². The van der Waals surface area contributed by atoms with Gasteiger partial charge < -0.3 is 9.47 Å². The summed E-state index contributed by atoms with van der Waals surface area (Å²) in [5.74, 6) is 1.59. The zero-order valence-electron chi connectivity index (χ0n) is 10.2. The van der Waals surface area contributed by atoms with Gasteiger partial charge in [-0.15, -0.1) is 0 Å². The number of methoxy groups -OCH3 is 2. The Morgan fingerprint density at radius 2 is 1.82 bits per heavy atom. The van der Waals surface area contributed by atoms with Crippen molar-refractivity contribution in [3.8, 4) is 22.6 Å². The lowest BCUT2D eigenvalue weighted by Crippen LogP contribution is -1.92. The zero-order valence-corrected chi connectivity index (χ0v) is 10.2. The maximum Gasteiger partial charge on any atom is 0.130 e. The second-order valence-electron chi connectivity index (χ2n) is 3.76. The highest BCUT2D eigenvalue weighted by atomic mass is 16.5. The van der Waals surface area contributed by atoms with Crippen molar-refractivity contribution < 1.29 is 9.47 Å². The summed E-state index contributed by atoms with van der Waals surface area (Å²) in [5, 5.41) is 0. The lowest BCUT2D eigenvalue weighted by Gasteiger charge is -2.12. The molecule has 0 aliphatic rings. The van der Waals surface area contributed by atoms with E-state index in [2.05, 4.69) is 4.98 Å². The van der Waals surface area contributed by atoms with Crippen LogP contribution in [-0.4, -0.2) is 19.2 Å². The molecule has 0 unspecified atom stereocenters. The maximum absolute atomic E-state index is 5.40. The van der Waals surface area contributed by atoms with E-state index in [1.807, 2.05) is 37.4 Å². The average molecular weight is 229 g/mol. The SMILES string of the molecule is COc1ccc(-c2ccncc2C)c(OC)c1. The molecule has 2 rings (SSSR count). The monoisotopic (exact) mass is 229 g/mol. The molecule has 88 valence electrons. The van der Waals surface area contributed by atoms with Crippen molar-refractivity contribution in [1.82, 2.24) is 4.98 Å². The molecule has 0 fully saturated rings. The smallest absolute Gasteiger partial charge is 0.130 e. The molecule has 1 aromatic carbocycles. The first-order chi connectivity index (χ1) is 8.26. The van der Waals surface area contributed by atoms with E-state index in [9.17, 15) is 0 Å². The third kappa shape index (κ3) is 2.23. The Hall–Kier alpha value is -2.03. The summed E-state index contributed by atoms with van der Waals surface area (Å²) in [6.45, 7) is 2.03. The number of ether oxygens (including phenoxy) is 2. The van der Waals surface area contributed by atoms with Gasteiger partial charge >= 0.3 is 0 Å². The van der Waals surface area contributed by atoms with Gasteiger partial charge in [-0.3, -0.25) is 4.98 Å². The van der Waals surface area contributed by atoms with Gasteiger partial charge in [0.05, 0.1) is 14.2 Å². The van der Waals surface area contributed by atoms with Crippen molar-refractivity contribution in [2.75, 3.05) is 14.2 Å². The molecule has 0 amide bonds. The number of pyridine rings is 1. The molecule has 0 atom stereocenters. The van der Waals surface area contributed by atoms with Crippen molar-refractivity contribution in [3.63, 3.8) is 0 Å². The van der Waals surface area contributed by atoms with E-state index < -0.39 is 0 Å². The number of hydrogen-bond acceptors (Lipinski definition) is 3. The van der Waals surface area contributed by atoms with Gasteiger partial charge in [0.25, 0.3) is 0 Å². The minimum Gasteiger partial charge on any atom is -0.497 e. The van der Waals surface area contributed by atoms with Crippen LogP contribution in [0.25, 0.3) is 11.1 Å². The van der Waals surface area contributed by atoms with Crippen LogP contribution in [0.3, 0.4) is 0 Å². The molecule has 0 N–H and O–H groups in total. The standard InChI is InChI=1S/C14H15NO2/c1-10-9-15-7-6-12(10)13-5-4-11(16-2)8-14(13)17-3/h4-9H,1-3H3. The molecule has 0 aliphatic carbocycles. The average Bonchev–Trinajstić information content (AvgIpc) is 2.38. The number of hydrogen-bond donors (Lipinski definition) is 0. The summed E-state index contributed by atoms with van der Waals surface area (Å²) in [5.41, 5.74) is 3.30. The highest BCUT2D eigenvalue weighted by Gasteiger charge is 2.09.